The molecular formula is C32H63F3N6O6. The number of hydrogen-bond donors (Lipinski definition) is 3. The summed E-state index contributed by atoms with van der Waals surface area (Å²) >= 11 is 0. The predicted octanol–water partition coefficient (Wildman–Crippen LogP) is 4.48. The summed E-state index contributed by atoms with van der Waals surface area (Å²) < 4.78 is 42.4. The second kappa shape index (κ2) is 19.0. The summed E-state index contributed by atoms with van der Waals surface area (Å²) in [5.74, 6) is -2.76. The molecule has 6 unspecified atom stereocenters. The first-order valence-corrected chi connectivity index (χ1v) is 16.3. The van der Waals surface area contributed by atoms with E-state index in [1.807, 2.05) is 41.5 Å². The zero-order valence-electron chi connectivity index (χ0n) is 31.1. The van der Waals surface area contributed by atoms with Gasteiger partial charge in [-0.2, -0.15) is 13.2 Å². The van der Waals surface area contributed by atoms with Gasteiger partial charge in [0.1, 0.15) is 11.2 Å². The molecule has 3 saturated heterocycles. The molecular weight excluding hydrogens is 621 g/mol. The van der Waals surface area contributed by atoms with E-state index in [2.05, 4.69) is 76.1 Å². The Morgan fingerprint density at radius 3 is 1.21 bits per heavy atom. The molecule has 0 bridgehead atoms. The van der Waals surface area contributed by atoms with Crippen molar-refractivity contribution in [1.29, 1.82) is 0 Å². The van der Waals surface area contributed by atoms with Crippen molar-refractivity contribution in [3.05, 3.63) is 0 Å². The molecule has 6 atom stereocenters. The van der Waals surface area contributed by atoms with Crippen LogP contribution < -0.4 is 10.6 Å². The van der Waals surface area contributed by atoms with Gasteiger partial charge in [-0.15, -0.1) is 0 Å². The van der Waals surface area contributed by atoms with Crippen LogP contribution in [0.15, 0.2) is 0 Å². The molecule has 3 aliphatic rings. The average molecular weight is 685 g/mol. The summed E-state index contributed by atoms with van der Waals surface area (Å²) in [6.45, 7) is 29.5. The molecule has 2 amide bonds. The fourth-order valence-corrected chi connectivity index (χ4v) is 4.91. The maximum absolute atomic E-state index is 11.9. The van der Waals surface area contributed by atoms with Crippen LogP contribution in [0.25, 0.3) is 0 Å². The molecule has 0 aromatic heterocycles. The van der Waals surface area contributed by atoms with Crippen molar-refractivity contribution < 1.29 is 42.1 Å². The molecule has 3 heterocycles. The van der Waals surface area contributed by atoms with Crippen LogP contribution in [0.1, 0.15) is 83.1 Å². The Hall–Kier alpha value is -2.36. The normalized spacial score (nSPS) is 27.5. The van der Waals surface area contributed by atoms with Gasteiger partial charge in [0.05, 0.1) is 0 Å². The Bertz CT molecular complexity index is 942. The molecule has 3 aliphatic heterocycles. The van der Waals surface area contributed by atoms with E-state index in [-0.39, 0.29) is 12.2 Å². The van der Waals surface area contributed by atoms with E-state index < -0.39 is 23.3 Å². The number of ether oxygens (including phenoxy) is 2. The monoisotopic (exact) mass is 684 g/mol. The highest BCUT2D eigenvalue weighted by atomic mass is 19.4. The van der Waals surface area contributed by atoms with E-state index in [4.69, 9.17) is 19.4 Å². The summed E-state index contributed by atoms with van der Waals surface area (Å²) in [4.78, 5) is 40.9. The number of nitrogens with one attached hydrogen (secondary N) is 2. The summed E-state index contributed by atoms with van der Waals surface area (Å²) in [5, 5.41) is 13.9. The van der Waals surface area contributed by atoms with Gasteiger partial charge in [0.2, 0.25) is 0 Å². The highest BCUT2D eigenvalue weighted by molar-refractivity contribution is 5.73. The topological polar surface area (TPSA) is 127 Å². The van der Waals surface area contributed by atoms with Crippen LogP contribution in [0.3, 0.4) is 0 Å². The number of carboxylic acids is 1. The van der Waals surface area contributed by atoms with Crippen LogP contribution >= 0.6 is 0 Å². The largest absolute Gasteiger partial charge is 0.490 e. The van der Waals surface area contributed by atoms with Crippen molar-refractivity contribution in [3.8, 4) is 0 Å². The molecule has 0 aliphatic carbocycles. The lowest BCUT2D eigenvalue weighted by Gasteiger charge is -2.42. The fraction of sp³-hybridized carbons (Fsp3) is 0.906. The minimum absolute atomic E-state index is 0.195. The van der Waals surface area contributed by atoms with Gasteiger partial charge in [0, 0.05) is 75.5 Å². The van der Waals surface area contributed by atoms with E-state index in [0.717, 1.165) is 39.3 Å². The summed E-state index contributed by atoms with van der Waals surface area (Å²) in [5.41, 5.74) is -0.818. The lowest BCUT2D eigenvalue weighted by Crippen LogP contribution is -2.57. The number of halogens is 3. The Kier molecular flexibility index (Phi) is 18.0. The number of rotatable bonds is 0. The van der Waals surface area contributed by atoms with Crippen molar-refractivity contribution in [1.82, 2.24) is 30.2 Å². The molecule has 0 spiro atoms. The number of alkyl halides is 3. The minimum atomic E-state index is -5.08. The first-order chi connectivity index (χ1) is 21.1. The Labute approximate surface area is 280 Å². The molecule has 15 heteroatoms. The number of carbonyl (C=O) groups excluding carboxylic acids is 2. The van der Waals surface area contributed by atoms with E-state index in [1.54, 1.807) is 9.80 Å². The second-order valence-corrected chi connectivity index (χ2v) is 14.9. The van der Waals surface area contributed by atoms with E-state index >= 15 is 0 Å². The number of aliphatic carboxylic acids is 1. The molecule has 3 rings (SSSR count). The third-order valence-corrected chi connectivity index (χ3v) is 7.73. The highest BCUT2D eigenvalue weighted by Crippen LogP contribution is 2.17. The Morgan fingerprint density at radius 2 is 0.936 bits per heavy atom. The van der Waals surface area contributed by atoms with E-state index in [0.29, 0.717) is 36.3 Å². The molecule has 0 aromatic carbocycles. The van der Waals surface area contributed by atoms with E-state index in [9.17, 15) is 22.8 Å². The molecule has 3 fully saturated rings. The molecule has 0 saturated carbocycles. The van der Waals surface area contributed by atoms with Gasteiger partial charge in [0.25, 0.3) is 0 Å². The van der Waals surface area contributed by atoms with Gasteiger partial charge < -0.3 is 35.0 Å². The molecule has 47 heavy (non-hydrogen) atoms. The number of carbonyl (C=O) groups is 3. The highest BCUT2D eigenvalue weighted by Gasteiger charge is 2.38. The van der Waals surface area contributed by atoms with E-state index in [1.165, 1.54) is 0 Å². The predicted molar refractivity (Wildman–Crippen MR) is 178 cm³/mol. The first-order valence-electron chi connectivity index (χ1n) is 16.3. The lowest BCUT2D eigenvalue weighted by atomic mass is 10.1. The third-order valence-electron chi connectivity index (χ3n) is 7.73. The molecule has 12 nitrogen and oxygen atoms in total. The molecule has 0 radical (unpaired) electrons. The fourth-order valence-electron chi connectivity index (χ4n) is 4.91. The standard InChI is InChI=1S/C12H24N2O2.C11H22N2O2.C7H16N2.C2HF3O2/c1-9-7-14(8-10(2)13(9)6)11(15)16-12(3,4)5;1-8-6-13(7-9(2)12-8)10(14)15-11(3,4)5;1-6-4-8-5-7(2)9(6)3;3-2(4,5)1(6)7/h9-10H,7-8H2,1-6H3;8-9,12H,6-7H2,1-5H3;6-8H,4-5H2,1-3H3;(H,6,7). The van der Waals surface area contributed by atoms with Crippen LogP contribution in [0.2, 0.25) is 0 Å². The first kappa shape index (κ1) is 44.6. The summed E-state index contributed by atoms with van der Waals surface area (Å²) in [7, 11) is 4.29. The second-order valence-electron chi connectivity index (χ2n) is 14.9. The smallest absolute Gasteiger partial charge is 0.475 e. The van der Waals surface area contributed by atoms with Crippen LogP contribution in [-0.2, 0) is 14.3 Å². The number of nitrogens with zero attached hydrogens (tertiary/aromatic N) is 4. The zero-order chi connectivity index (χ0) is 37.1. The van der Waals surface area contributed by atoms with Crippen molar-refractivity contribution in [3.63, 3.8) is 0 Å². The maximum Gasteiger partial charge on any atom is 0.490 e. The van der Waals surface area contributed by atoms with Crippen LogP contribution in [0.4, 0.5) is 22.8 Å². The molecule has 0 aromatic rings. The van der Waals surface area contributed by atoms with Gasteiger partial charge in [-0.25, -0.2) is 14.4 Å². The molecule has 3 N–H and O–H groups in total. The van der Waals surface area contributed by atoms with Crippen LogP contribution in [-0.4, -0.2) is 150 Å². The minimum Gasteiger partial charge on any atom is -0.475 e. The van der Waals surface area contributed by atoms with Crippen molar-refractivity contribution in [2.24, 2.45) is 0 Å². The van der Waals surface area contributed by atoms with Gasteiger partial charge >= 0.3 is 24.3 Å². The number of piperazine rings is 3. The zero-order valence-corrected chi connectivity index (χ0v) is 31.1. The third kappa shape index (κ3) is 18.7. The number of carboxylic acid groups (broad SMARTS) is 1. The van der Waals surface area contributed by atoms with Gasteiger partial charge in [-0.1, -0.05) is 0 Å². The van der Waals surface area contributed by atoms with Crippen molar-refractivity contribution in [2.75, 3.05) is 53.4 Å². The van der Waals surface area contributed by atoms with Gasteiger partial charge in [-0.3, -0.25) is 9.80 Å². The molecule has 278 valence electrons. The number of hydrogen-bond acceptors (Lipinski definition) is 9. The van der Waals surface area contributed by atoms with Crippen molar-refractivity contribution >= 4 is 18.2 Å². The Morgan fingerprint density at radius 1 is 0.638 bits per heavy atom. The summed E-state index contributed by atoms with van der Waals surface area (Å²) in [6, 6.07) is 2.84. The number of amides is 2. The number of likely N-dealkylation sites (N-methyl/N-ethyl adjacent to an activating group) is 2. The summed E-state index contributed by atoms with van der Waals surface area (Å²) in [6.07, 6.45) is -5.48. The van der Waals surface area contributed by atoms with Gasteiger partial charge in [-0.05, 0) is 97.2 Å². The quantitative estimate of drug-likeness (QED) is 0.336. The maximum atomic E-state index is 11.9. The van der Waals surface area contributed by atoms with Crippen LogP contribution in [0, 0.1) is 0 Å². The lowest BCUT2D eigenvalue weighted by molar-refractivity contribution is -0.192. The van der Waals surface area contributed by atoms with Gasteiger partial charge in [0.15, 0.2) is 0 Å². The average Bonchev–Trinajstić information content (AvgIpc) is 2.88. The van der Waals surface area contributed by atoms with Crippen molar-refractivity contribution in [2.45, 2.75) is 137 Å². The SMILES string of the molecule is CC1CN(C(=O)OC(C)(C)C)CC(C)N1.CC1CN(C(=O)OC(C)(C)C)CC(C)N1C.CC1CNCC(C)N1C.O=C(O)C(F)(F)F. The Balaban J connectivity index is 0.000000631. The van der Waals surface area contributed by atoms with Crippen LogP contribution in [0.5, 0.6) is 0 Å².